The van der Waals surface area contributed by atoms with Crippen molar-refractivity contribution < 1.29 is 0 Å². The molecule has 4 heteroatoms. The molecule has 0 radical (unpaired) electrons. The number of nitrogens with two attached hydrogens (primary N) is 1. The van der Waals surface area contributed by atoms with E-state index in [1.807, 2.05) is 26.0 Å². The molecule has 0 saturated heterocycles. The van der Waals surface area contributed by atoms with Gasteiger partial charge in [-0.05, 0) is 37.1 Å². The van der Waals surface area contributed by atoms with Crippen LogP contribution in [0.1, 0.15) is 22.4 Å². The minimum atomic E-state index is 0.308. The van der Waals surface area contributed by atoms with Gasteiger partial charge < -0.3 is 5.73 Å². The highest BCUT2D eigenvalue weighted by Gasteiger charge is 1.97. The van der Waals surface area contributed by atoms with E-state index >= 15 is 0 Å². The van der Waals surface area contributed by atoms with Gasteiger partial charge >= 0.3 is 0 Å². The van der Waals surface area contributed by atoms with Crippen molar-refractivity contribution in [3.63, 3.8) is 0 Å². The summed E-state index contributed by atoms with van der Waals surface area (Å²) in [6.07, 6.45) is 3.38. The highest BCUT2D eigenvalue weighted by molar-refractivity contribution is 5.96. The molecule has 2 N–H and O–H groups in total. The molecular formula is C15H16N4. The van der Waals surface area contributed by atoms with E-state index in [9.17, 15) is 0 Å². The average molecular weight is 252 g/mol. The molecule has 0 bridgehead atoms. The topological polar surface area (TPSA) is 63.6 Å². The van der Waals surface area contributed by atoms with Gasteiger partial charge in [0, 0.05) is 6.20 Å². The third-order valence-electron chi connectivity index (χ3n) is 2.72. The molecule has 96 valence electrons. The maximum atomic E-state index is 5.80. The molecule has 0 unspecified atom stereocenters. The fourth-order valence-corrected chi connectivity index (χ4v) is 1.62. The van der Waals surface area contributed by atoms with Crippen LogP contribution in [0.4, 0.5) is 0 Å². The number of aryl methyl sites for hydroxylation is 2. The Morgan fingerprint density at radius 2 is 2.05 bits per heavy atom. The van der Waals surface area contributed by atoms with Gasteiger partial charge in [-0.25, -0.2) is 0 Å². The standard InChI is InChI=1S/C15H16N4/c1-11-6-7-12(2)13(9-11)10-18-19-15(16)14-5-3-4-8-17-14/h3-10H,1-2H3,(H2,16,19)/b18-10+. The summed E-state index contributed by atoms with van der Waals surface area (Å²) in [5, 5.41) is 7.98. The molecule has 0 amide bonds. The van der Waals surface area contributed by atoms with Crippen LogP contribution in [-0.2, 0) is 0 Å². The molecule has 0 fully saturated rings. The lowest BCUT2D eigenvalue weighted by atomic mass is 10.1. The summed E-state index contributed by atoms with van der Waals surface area (Å²) in [7, 11) is 0. The van der Waals surface area contributed by atoms with E-state index in [0.717, 1.165) is 11.1 Å². The molecule has 4 nitrogen and oxygen atoms in total. The van der Waals surface area contributed by atoms with Crippen molar-refractivity contribution in [1.29, 1.82) is 0 Å². The summed E-state index contributed by atoms with van der Waals surface area (Å²) >= 11 is 0. The van der Waals surface area contributed by atoms with E-state index in [2.05, 4.69) is 33.4 Å². The van der Waals surface area contributed by atoms with Gasteiger partial charge in [0.2, 0.25) is 0 Å². The van der Waals surface area contributed by atoms with E-state index < -0.39 is 0 Å². The van der Waals surface area contributed by atoms with Crippen LogP contribution >= 0.6 is 0 Å². The van der Waals surface area contributed by atoms with Crippen LogP contribution in [0.2, 0.25) is 0 Å². The molecule has 0 saturated carbocycles. The second-order valence-electron chi connectivity index (χ2n) is 4.30. The SMILES string of the molecule is Cc1ccc(C)c(/C=N/N=C(\N)c2ccccn2)c1. The third-order valence-corrected chi connectivity index (χ3v) is 2.72. The van der Waals surface area contributed by atoms with Gasteiger partial charge in [0.05, 0.1) is 6.21 Å². The van der Waals surface area contributed by atoms with Crippen molar-refractivity contribution in [1.82, 2.24) is 4.98 Å². The summed E-state index contributed by atoms with van der Waals surface area (Å²) in [6, 6.07) is 11.7. The smallest absolute Gasteiger partial charge is 0.171 e. The molecule has 1 aromatic carbocycles. The molecule has 0 spiro atoms. The lowest BCUT2D eigenvalue weighted by Crippen LogP contribution is -2.14. The molecule has 1 heterocycles. The predicted octanol–water partition coefficient (Wildman–Crippen LogP) is 2.44. The van der Waals surface area contributed by atoms with Crippen LogP contribution < -0.4 is 5.73 Å². The van der Waals surface area contributed by atoms with Gasteiger partial charge in [-0.1, -0.05) is 29.8 Å². The van der Waals surface area contributed by atoms with Crippen molar-refractivity contribution in [2.45, 2.75) is 13.8 Å². The third kappa shape index (κ3) is 3.48. The molecule has 2 rings (SSSR count). The first-order chi connectivity index (χ1) is 9.16. The summed E-state index contributed by atoms with van der Waals surface area (Å²) in [5.41, 5.74) is 9.81. The molecule has 0 atom stereocenters. The summed E-state index contributed by atoms with van der Waals surface area (Å²) in [6.45, 7) is 4.08. The minimum Gasteiger partial charge on any atom is -0.380 e. The van der Waals surface area contributed by atoms with Crippen LogP contribution in [0.3, 0.4) is 0 Å². The number of pyridine rings is 1. The first-order valence-corrected chi connectivity index (χ1v) is 6.02. The quantitative estimate of drug-likeness (QED) is 0.518. The molecule has 1 aromatic heterocycles. The Labute approximate surface area is 112 Å². The second-order valence-corrected chi connectivity index (χ2v) is 4.30. The zero-order valence-corrected chi connectivity index (χ0v) is 11.0. The predicted molar refractivity (Wildman–Crippen MR) is 78.5 cm³/mol. The highest BCUT2D eigenvalue weighted by atomic mass is 15.2. The molecular weight excluding hydrogens is 236 g/mol. The average Bonchev–Trinajstić information content (AvgIpc) is 2.43. The van der Waals surface area contributed by atoms with Crippen LogP contribution in [0.25, 0.3) is 0 Å². The lowest BCUT2D eigenvalue weighted by Gasteiger charge is -2.00. The van der Waals surface area contributed by atoms with Crippen molar-refractivity contribution in [2.24, 2.45) is 15.9 Å². The first kappa shape index (κ1) is 13.0. The Morgan fingerprint density at radius 1 is 1.21 bits per heavy atom. The number of nitrogens with zero attached hydrogens (tertiary/aromatic N) is 3. The summed E-state index contributed by atoms with van der Waals surface area (Å²) < 4.78 is 0. The van der Waals surface area contributed by atoms with Gasteiger partial charge in [-0.2, -0.15) is 5.10 Å². The Bertz CT molecular complexity index is 615. The Kier molecular flexibility index (Phi) is 4.03. The zero-order valence-electron chi connectivity index (χ0n) is 11.0. The second kappa shape index (κ2) is 5.91. The van der Waals surface area contributed by atoms with Crippen LogP contribution in [-0.4, -0.2) is 17.0 Å². The number of benzene rings is 1. The Morgan fingerprint density at radius 3 is 2.79 bits per heavy atom. The number of amidine groups is 1. The monoisotopic (exact) mass is 252 g/mol. The van der Waals surface area contributed by atoms with E-state index in [0.29, 0.717) is 11.5 Å². The Balaban J connectivity index is 2.17. The lowest BCUT2D eigenvalue weighted by molar-refractivity contribution is 1.19. The van der Waals surface area contributed by atoms with Gasteiger partial charge in [-0.3, -0.25) is 4.98 Å². The molecule has 0 aliphatic carbocycles. The van der Waals surface area contributed by atoms with Crippen molar-refractivity contribution in [3.05, 3.63) is 65.0 Å². The molecule has 2 aromatic rings. The van der Waals surface area contributed by atoms with Crippen molar-refractivity contribution in [3.8, 4) is 0 Å². The van der Waals surface area contributed by atoms with E-state index in [-0.39, 0.29) is 0 Å². The normalized spacial score (nSPS) is 12.0. The number of hydrogen-bond acceptors (Lipinski definition) is 3. The molecule has 19 heavy (non-hydrogen) atoms. The summed E-state index contributed by atoms with van der Waals surface area (Å²) in [4.78, 5) is 4.11. The maximum absolute atomic E-state index is 5.80. The van der Waals surface area contributed by atoms with E-state index in [1.165, 1.54) is 5.56 Å². The fraction of sp³-hybridized carbons (Fsp3) is 0.133. The van der Waals surface area contributed by atoms with E-state index in [1.54, 1.807) is 18.5 Å². The number of aromatic nitrogens is 1. The fourth-order valence-electron chi connectivity index (χ4n) is 1.62. The highest BCUT2D eigenvalue weighted by Crippen LogP contribution is 2.08. The van der Waals surface area contributed by atoms with Gasteiger partial charge in [-0.15, -0.1) is 5.10 Å². The van der Waals surface area contributed by atoms with E-state index in [4.69, 9.17) is 5.73 Å². The van der Waals surface area contributed by atoms with Gasteiger partial charge in [0.1, 0.15) is 5.69 Å². The van der Waals surface area contributed by atoms with Gasteiger partial charge in [0.25, 0.3) is 0 Å². The zero-order chi connectivity index (χ0) is 13.7. The maximum Gasteiger partial charge on any atom is 0.171 e. The van der Waals surface area contributed by atoms with Crippen molar-refractivity contribution in [2.75, 3.05) is 0 Å². The van der Waals surface area contributed by atoms with Crippen LogP contribution in [0.5, 0.6) is 0 Å². The largest absolute Gasteiger partial charge is 0.380 e. The minimum absolute atomic E-state index is 0.308. The van der Waals surface area contributed by atoms with Crippen molar-refractivity contribution >= 4 is 12.1 Å². The van der Waals surface area contributed by atoms with Gasteiger partial charge in [0.15, 0.2) is 5.84 Å². The molecule has 0 aliphatic rings. The van der Waals surface area contributed by atoms with Crippen LogP contribution in [0, 0.1) is 13.8 Å². The number of rotatable bonds is 3. The number of hydrogen-bond donors (Lipinski definition) is 1. The first-order valence-electron chi connectivity index (χ1n) is 6.02. The van der Waals surface area contributed by atoms with Crippen LogP contribution in [0.15, 0.2) is 52.8 Å². The molecule has 0 aliphatic heterocycles. The Hall–Kier alpha value is -2.49. The summed E-state index contributed by atoms with van der Waals surface area (Å²) in [5.74, 6) is 0.308.